The molecule has 1 heterocycles. The molecule has 0 aliphatic rings. The van der Waals surface area contributed by atoms with Crippen molar-refractivity contribution < 1.29 is 0 Å². The molecule has 0 radical (unpaired) electrons. The molecule has 2 nitrogen and oxygen atoms in total. The van der Waals surface area contributed by atoms with Gasteiger partial charge in [0.05, 0.1) is 0 Å². The van der Waals surface area contributed by atoms with E-state index >= 15 is 0 Å². The number of anilines is 1. The van der Waals surface area contributed by atoms with Gasteiger partial charge in [0.1, 0.15) is 5.82 Å². The highest BCUT2D eigenvalue weighted by atomic mass is 35.5. The van der Waals surface area contributed by atoms with Crippen LogP contribution < -0.4 is 5.32 Å². The molecule has 18 heavy (non-hydrogen) atoms. The smallest absolute Gasteiger partial charge is 0.125 e. The third kappa shape index (κ3) is 5.72. The first-order chi connectivity index (χ1) is 8.54. The molecule has 0 atom stereocenters. The topological polar surface area (TPSA) is 24.9 Å². The summed E-state index contributed by atoms with van der Waals surface area (Å²) in [7, 11) is 0. The van der Waals surface area contributed by atoms with E-state index in [0.29, 0.717) is 0 Å². The first kappa shape index (κ1) is 15.3. The van der Waals surface area contributed by atoms with Crippen molar-refractivity contribution in [1.29, 1.82) is 0 Å². The van der Waals surface area contributed by atoms with E-state index < -0.39 is 0 Å². The van der Waals surface area contributed by atoms with E-state index in [2.05, 4.69) is 43.2 Å². The lowest BCUT2D eigenvalue weighted by Gasteiger charge is -2.18. The van der Waals surface area contributed by atoms with Crippen LogP contribution in [0.1, 0.15) is 52.0 Å². The molecule has 0 aliphatic heterocycles. The summed E-state index contributed by atoms with van der Waals surface area (Å²) in [4.78, 5) is 4.45. The van der Waals surface area contributed by atoms with Crippen LogP contribution in [0, 0.1) is 0 Å². The van der Waals surface area contributed by atoms with Crippen molar-refractivity contribution in [3.63, 3.8) is 0 Å². The minimum atomic E-state index is 0.174. The quantitative estimate of drug-likeness (QED) is 0.578. The highest BCUT2D eigenvalue weighted by Crippen LogP contribution is 2.21. The zero-order chi connectivity index (χ0) is 13.4. The summed E-state index contributed by atoms with van der Waals surface area (Å²) >= 11 is 5.64. The fraction of sp³-hybridized carbons (Fsp3) is 0.667. The van der Waals surface area contributed by atoms with Crippen LogP contribution >= 0.6 is 11.6 Å². The second-order valence-corrected chi connectivity index (χ2v) is 6.09. The summed E-state index contributed by atoms with van der Waals surface area (Å²) in [5.41, 5.74) is 1.45. The van der Waals surface area contributed by atoms with Crippen LogP contribution in [0.25, 0.3) is 0 Å². The second kappa shape index (κ2) is 7.63. The molecule has 0 amide bonds. The Hall–Kier alpha value is -0.760. The van der Waals surface area contributed by atoms with Crippen molar-refractivity contribution in [1.82, 2.24) is 4.98 Å². The van der Waals surface area contributed by atoms with E-state index in [0.717, 1.165) is 24.7 Å². The Balaban J connectivity index is 2.27. The van der Waals surface area contributed by atoms with Crippen molar-refractivity contribution in [3.8, 4) is 0 Å². The van der Waals surface area contributed by atoms with Gasteiger partial charge in [0.15, 0.2) is 0 Å². The maximum atomic E-state index is 5.64. The monoisotopic (exact) mass is 268 g/mol. The lowest BCUT2D eigenvalue weighted by molar-refractivity contribution is 0.587. The molecule has 102 valence electrons. The maximum absolute atomic E-state index is 5.64. The number of nitrogens with one attached hydrogen (secondary N) is 1. The van der Waals surface area contributed by atoms with Gasteiger partial charge in [-0.25, -0.2) is 4.98 Å². The second-order valence-electron chi connectivity index (χ2n) is 5.71. The van der Waals surface area contributed by atoms with Crippen LogP contribution in [-0.4, -0.2) is 17.4 Å². The largest absolute Gasteiger partial charge is 0.370 e. The summed E-state index contributed by atoms with van der Waals surface area (Å²) in [6.07, 6.45) is 6.73. The molecular formula is C15H25ClN2. The van der Waals surface area contributed by atoms with Gasteiger partial charge in [0.2, 0.25) is 0 Å². The Kier molecular flexibility index (Phi) is 6.48. The molecule has 0 spiro atoms. The molecule has 0 bridgehead atoms. The maximum Gasteiger partial charge on any atom is 0.125 e. The number of unbranched alkanes of at least 4 members (excludes halogenated alkanes) is 3. The molecule has 0 aliphatic carbocycles. The third-order valence-corrected chi connectivity index (χ3v) is 3.26. The molecule has 0 fully saturated rings. The van der Waals surface area contributed by atoms with Crippen LogP contribution in [0.5, 0.6) is 0 Å². The molecule has 3 heteroatoms. The van der Waals surface area contributed by atoms with Gasteiger partial charge in [0.25, 0.3) is 0 Å². The normalized spacial score (nSPS) is 11.6. The van der Waals surface area contributed by atoms with Gasteiger partial charge in [-0.2, -0.15) is 0 Å². The van der Waals surface area contributed by atoms with Gasteiger partial charge < -0.3 is 5.32 Å². The lowest BCUT2D eigenvalue weighted by atomic mass is 9.88. The van der Waals surface area contributed by atoms with E-state index in [-0.39, 0.29) is 5.41 Å². The van der Waals surface area contributed by atoms with Crippen LogP contribution in [0.3, 0.4) is 0 Å². The van der Waals surface area contributed by atoms with Gasteiger partial charge >= 0.3 is 0 Å². The molecule has 1 aromatic rings. The van der Waals surface area contributed by atoms with Crippen LogP contribution in [-0.2, 0) is 5.41 Å². The van der Waals surface area contributed by atoms with E-state index in [1.165, 1.54) is 24.8 Å². The minimum absolute atomic E-state index is 0.174. The predicted molar refractivity (Wildman–Crippen MR) is 80.6 cm³/mol. The van der Waals surface area contributed by atoms with Crippen LogP contribution in [0.15, 0.2) is 18.3 Å². The van der Waals surface area contributed by atoms with E-state index in [9.17, 15) is 0 Å². The standard InChI is InChI=1S/C15H25ClN2/c1-15(2,3)13-8-9-14(18-12-13)17-11-7-5-4-6-10-16/h8-9,12H,4-7,10-11H2,1-3H3,(H,17,18). The molecule has 0 aromatic carbocycles. The molecule has 1 N–H and O–H groups in total. The van der Waals surface area contributed by atoms with E-state index in [1.54, 1.807) is 0 Å². The number of rotatable bonds is 7. The average Bonchev–Trinajstić information content (AvgIpc) is 2.33. The summed E-state index contributed by atoms with van der Waals surface area (Å²) in [6.45, 7) is 7.60. The minimum Gasteiger partial charge on any atom is -0.370 e. The van der Waals surface area contributed by atoms with Crippen molar-refractivity contribution in [2.24, 2.45) is 0 Å². The van der Waals surface area contributed by atoms with Gasteiger partial charge in [-0.1, -0.05) is 39.7 Å². The van der Waals surface area contributed by atoms with Crippen molar-refractivity contribution in [3.05, 3.63) is 23.9 Å². The molecule has 0 saturated heterocycles. The Morgan fingerprint density at radius 3 is 2.39 bits per heavy atom. The summed E-state index contributed by atoms with van der Waals surface area (Å²) in [5, 5.41) is 3.36. The number of pyridine rings is 1. The Morgan fingerprint density at radius 1 is 1.11 bits per heavy atom. The zero-order valence-electron chi connectivity index (χ0n) is 11.8. The van der Waals surface area contributed by atoms with Crippen molar-refractivity contribution in [2.45, 2.75) is 51.9 Å². The number of alkyl halides is 1. The zero-order valence-corrected chi connectivity index (χ0v) is 12.6. The number of hydrogen-bond donors (Lipinski definition) is 1. The summed E-state index contributed by atoms with van der Waals surface area (Å²) in [6, 6.07) is 4.22. The number of nitrogens with zero attached hydrogens (tertiary/aromatic N) is 1. The molecule has 1 rings (SSSR count). The highest BCUT2D eigenvalue weighted by Gasteiger charge is 2.13. The Labute approximate surface area is 116 Å². The molecule has 0 unspecified atom stereocenters. The molecular weight excluding hydrogens is 244 g/mol. The van der Waals surface area contributed by atoms with Crippen LogP contribution in [0.2, 0.25) is 0 Å². The van der Waals surface area contributed by atoms with E-state index in [4.69, 9.17) is 11.6 Å². The number of aromatic nitrogens is 1. The Morgan fingerprint density at radius 2 is 1.83 bits per heavy atom. The first-order valence-electron chi connectivity index (χ1n) is 6.80. The van der Waals surface area contributed by atoms with Crippen molar-refractivity contribution >= 4 is 17.4 Å². The predicted octanol–water partition coefficient (Wildman–Crippen LogP) is 4.59. The van der Waals surface area contributed by atoms with Gasteiger partial charge in [0, 0.05) is 18.6 Å². The van der Waals surface area contributed by atoms with E-state index in [1.807, 2.05) is 6.20 Å². The highest BCUT2D eigenvalue weighted by molar-refractivity contribution is 6.17. The third-order valence-electron chi connectivity index (χ3n) is 3.00. The number of hydrogen-bond acceptors (Lipinski definition) is 2. The summed E-state index contributed by atoms with van der Waals surface area (Å²) in [5.74, 6) is 1.75. The van der Waals surface area contributed by atoms with Gasteiger partial charge in [-0.3, -0.25) is 0 Å². The van der Waals surface area contributed by atoms with Crippen LogP contribution in [0.4, 0.5) is 5.82 Å². The van der Waals surface area contributed by atoms with Crippen molar-refractivity contribution in [2.75, 3.05) is 17.7 Å². The fourth-order valence-electron chi connectivity index (χ4n) is 1.73. The summed E-state index contributed by atoms with van der Waals surface area (Å²) < 4.78 is 0. The average molecular weight is 269 g/mol. The Bertz CT molecular complexity index is 327. The number of halogens is 1. The van der Waals surface area contributed by atoms with Gasteiger partial charge in [-0.15, -0.1) is 11.6 Å². The van der Waals surface area contributed by atoms with Gasteiger partial charge in [-0.05, 0) is 29.9 Å². The molecule has 1 aromatic heterocycles. The SMILES string of the molecule is CC(C)(C)c1ccc(NCCCCCCCl)nc1. The fourth-order valence-corrected chi connectivity index (χ4v) is 1.92. The first-order valence-corrected chi connectivity index (χ1v) is 7.34. The lowest BCUT2D eigenvalue weighted by Crippen LogP contribution is -2.12. The molecule has 0 saturated carbocycles.